The molecule has 3 aromatic carbocycles. The number of carbonyl (C=O) groups excluding carboxylic acids is 6. The Kier molecular flexibility index (Phi) is 46.7. The molecule has 4 heterocycles. The van der Waals surface area contributed by atoms with E-state index in [1.54, 1.807) is 0 Å². The fourth-order valence-electron chi connectivity index (χ4n) is 10.3. The molecule has 4 fully saturated rings. The largest absolute Gasteiger partial charge is 1.00 e. The van der Waals surface area contributed by atoms with Gasteiger partial charge in [-0.2, -0.15) is 8.42 Å². The number of rotatable bonds is 25. The maximum atomic E-state index is 12.3. The second kappa shape index (κ2) is 50.3. The number of nitrogens with one attached hydrogen (secondary N) is 4. The van der Waals surface area contributed by atoms with Gasteiger partial charge in [0, 0.05) is 13.8 Å². The van der Waals surface area contributed by atoms with Gasteiger partial charge < -0.3 is 110 Å². The Bertz CT molecular complexity index is 3020. The summed E-state index contributed by atoms with van der Waals surface area (Å²) in [6, 6.07) is 25.4. The van der Waals surface area contributed by atoms with Crippen LogP contribution >= 0.6 is 23.4 Å². The van der Waals surface area contributed by atoms with E-state index in [1.807, 2.05) is 126 Å². The molecule has 37 heteroatoms. The molecule has 33 nitrogen and oxygen atoms in total. The van der Waals surface area contributed by atoms with Crippen molar-refractivity contribution in [3.05, 3.63) is 124 Å². The molecule has 3 aromatic rings. The van der Waals surface area contributed by atoms with E-state index >= 15 is 0 Å². The zero-order valence-corrected chi connectivity index (χ0v) is 62.2. The number of aliphatic hydroxyl groups is 8. The van der Waals surface area contributed by atoms with Crippen molar-refractivity contribution in [1.29, 1.82) is 0 Å². The van der Waals surface area contributed by atoms with Crippen molar-refractivity contribution < 1.29 is 154 Å². The molecule has 101 heavy (non-hydrogen) atoms. The van der Waals surface area contributed by atoms with E-state index < -0.39 is 145 Å². The third kappa shape index (κ3) is 35.0. The molecule has 7 rings (SSSR count). The first kappa shape index (κ1) is 93.9. The minimum atomic E-state index is -3.71. The SMILES string of the molecule is CCC1OC(OC(C)=O)C(NC(=O)COCc2ccccc2)[C@@H](C)[C@@H]1C.CCC1OC(OC(C)=O)C(NC(=O)COS(C)(=O)=O)[C@@H](C)[C@@H]1C.O=C(COCc1ccccc1)NC1C(O)OC(CO)[C@@H](O)[C@@H]1O.O=C(Cl)COCc1ccccc1.OCC1OC(O)C(NCl)[C@@H](O)[C@@H]1O.[N-]=[N+]=[N-].[Na+]. The molecule has 564 valence electrons. The summed E-state index contributed by atoms with van der Waals surface area (Å²) >= 11 is 10.3. The molecule has 0 bridgehead atoms. The molecule has 0 aliphatic carbocycles. The van der Waals surface area contributed by atoms with Crippen LogP contribution in [-0.4, -0.2) is 228 Å². The van der Waals surface area contributed by atoms with Gasteiger partial charge in [-0.1, -0.05) is 133 Å². The molecule has 20 atom stereocenters. The number of aliphatic hydroxyl groups excluding tert-OH is 8. The van der Waals surface area contributed by atoms with Crippen LogP contribution < -0.4 is 50.3 Å². The van der Waals surface area contributed by atoms with Crippen LogP contribution in [0.25, 0.3) is 16.0 Å². The third-order valence-electron chi connectivity index (χ3n) is 15.9. The molecular formula is C64H96Cl2N7NaO26S. The molecule has 0 aromatic heterocycles. The summed E-state index contributed by atoms with van der Waals surface area (Å²) in [4.78, 5) is 72.5. The summed E-state index contributed by atoms with van der Waals surface area (Å²) in [6.45, 7) is 13.7. The monoisotopic (exact) mass is 1500 g/mol. The van der Waals surface area contributed by atoms with E-state index in [1.165, 1.54) is 18.8 Å². The van der Waals surface area contributed by atoms with Gasteiger partial charge in [0.05, 0.1) is 63.6 Å². The number of esters is 2. The normalized spacial score (nSPS) is 28.7. The quantitative estimate of drug-likeness (QED) is 0.00676. The first-order chi connectivity index (χ1) is 47.3. The predicted molar refractivity (Wildman–Crippen MR) is 357 cm³/mol. The van der Waals surface area contributed by atoms with Crippen LogP contribution in [0, 0.1) is 23.7 Å². The van der Waals surface area contributed by atoms with Crippen LogP contribution in [0.3, 0.4) is 0 Å². The summed E-state index contributed by atoms with van der Waals surface area (Å²) < 4.78 is 74.0. The van der Waals surface area contributed by atoms with Crippen LogP contribution in [0.2, 0.25) is 0 Å². The van der Waals surface area contributed by atoms with E-state index in [0.717, 1.165) is 35.8 Å². The molecule has 0 radical (unpaired) electrons. The van der Waals surface area contributed by atoms with E-state index in [4.69, 9.17) is 87.3 Å². The Morgan fingerprint density at radius 1 is 0.505 bits per heavy atom. The Hall–Kier alpha value is -5.16. The summed E-state index contributed by atoms with van der Waals surface area (Å²) in [5.74, 6) is -1.92. The van der Waals surface area contributed by atoms with Crippen LogP contribution in [0.5, 0.6) is 0 Å². The van der Waals surface area contributed by atoms with Crippen molar-refractivity contribution in [3.63, 3.8) is 0 Å². The zero-order chi connectivity index (χ0) is 75.2. The van der Waals surface area contributed by atoms with Gasteiger partial charge in [-0.15, -0.1) is 0 Å². The number of nitrogens with zero attached hydrogens (tertiary/aromatic N) is 3. The Labute approximate surface area is 619 Å². The van der Waals surface area contributed by atoms with Crippen molar-refractivity contribution in [1.82, 2.24) is 20.8 Å². The number of hydrogen-bond acceptors (Lipinski definition) is 27. The van der Waals surface area contributed by atoms with Gasteiger partial charge in [-0.3, -0.25) is 37.9 Å². The summed E-state index contributed by atoms with van der Waals surface area (Å²) in [7, 11) is -3.71. The molecule has 3 amide bonds. The van der Waals surface area contributed by atoms with Gasteiger partial charge >= 0.3 is 41.5 Å². The van der Waals surface area contributed by atoms with Crippen molar-refractivity contribution in [2.75, 3.05) is 45.9 Å². The number of carbonyl (C=O) groups is 6. The Morgan fingerprint density at radius 2 is 0.822 bits per heavy atom. The van der Waals surface area contributed by atoms with Crippen LogP contribution in [0.1, 0.15) is 84.9 Å². The molecule has 12 N–H and O–H groups in total. The molecule has 0 saturated carbocycles. The number of hydrogen-bond donors (Lipinski definition) is 12. The standard InChI is InChI=1S/C20H29NO5.C15H21NO7.C14H25NO7S.C9H9ClO2.C6H12ClNO5.N3.Na/c1-5-17-13(2)14(3)19(20(26-17)25-15(4)22)21-18(23)12-24-11-16-9-7-6-8-10-16;17-6-10-13(19)14(20)12(15(21)23-10)16-11(18)8-22-7-9-4-2-1-3-5-9;1-6-11-8(2)9(3)13(14(22-11)21-10(4)16)15-12(17)7-20-23(5,18)19;10-9(11)7-12-6-8-4-2-1-3-5-8;7-8-3-5(11)4(10)2(1-9)13-6(3)12;1-3-2;/h6-10,13-14,17,19-20H,5,11-12H2,1-4H3,(H,21,23);1-5,10,12-15,17,19-21H,6-8H2,(H,16,18);8-9,11,13-14H,6-7H2,1-5H3,(H,15,17);1-5H,6-7H2;2-6,8-12H,1H2;;/q;;;;;-1;+1/t13-,14-,17?,19?,20?;10?,12?,13-,14-,15?;8-,9-,11?,13?,14?;;2?,3?,4-,5-,6?;;/m010.1../s1. The van der Waals surface area contributed by atoms with Crippen molar-refractivity contribution in [3.8, 4) is 0 Å². The second-order valence-corrected chi connectivity index (χ2v) is 25.6. The van der Waals surface area contributed by atoms with E-state index in [2.05, 4.69) is 31.9 Å². The third-order valence-corrected chi connectivity index (χ3v) is 16.8. The first-order valence-corrected chi connectivity index (χ1v) is 34.3. The number of ether oxygens (including phenoxy) is 9. The number of benzene rings is 3. The van der Waals surface area contributed by atoms with Gasteiger partial charge in [0.15, 0.2) is 12.6 Å². The Balaban J connectivity index is 0.000000639. The minimum Gasteiger partial charge on any atom is -0.434 e. The van der Waals surface area contributed by atoms with Gasteiger partial charge in [-0.05, 0) is 76.6 Å². The van der Waals surface area contributed by atoms with Gasteiger partial charge in [0.25, 0.3) is 10.1 Å². The minimum absolute atomic E-state index is 0. The molecule has 4 saturated heterocycles. The molecular weight excluding hydrogens is 1410 g/mol. The number of halogens is 2. The Morgan fingerprint density at radius 3 is 1.13 bits per heavy atom. The predicted octanol–water partition coefficient (Wildman–Crippen LogP) is -1.44. The van der Waals surface area contributed by atoms with Crippen LogP contribution in [-0.2, 0) is 106 Å². The van der Waals surface area contributed by atoms with Crippen molar-refractivity contribution in [2.24, 2.45) is 23.7 Å². The fourth-order valence-corrected chi connectivity index (χ4v) is 10.9. The van der Waals surface area contributed by atoms with Gasteiger partial charge in [0.1, 0.15) is 75.1 Å². The smallest absolute Gasteiger partial charge is 0.434 e. The van der Waals surface area contributed by atoms with Crippen LogP contribution in [0.4, 0.5) is 0 Å². The summed E-state index contributed by atoms with van der Waals surface area (Å²) in [5, 5.41) is 82.4. The average Bonchev–Trinajstić information content (AvgIpc) is 0.828. The van der Waals surface area contributed by atoms with Gasteiger partial charge in [0.2, 0.25) is 35.5 Å². The van der Waals surface area contributed by atoms with E-state index in [0.29, 0.717) is 13.2 Å². The zero-order valence-electron chi connectivity index (χ0n) is 57.9. The summed E-state index contributed by atoms with van der Waals surface area (Å²) in [6.07, 6.45) is -9.77. The van der Waals surface area contributed by atoms with E-state index in [-0.39, 0.29) is 97.8 Å². The second-order valence-electron chi connectivity index (χ2n) is 23.3. The maximum absolute atomic E-state index is 12.3. The number of amides is 3. The molecule has 12 unspecified atom stereocenters. The first-order valence-electron chi connectivity index (χ1n) is 31.7. The van der Waals surface area contributed by atoms with Crippen molar-refractivity contribution >= 4 is 68.4 Å². The van der Waals surface area contributed by atoms with E-state index in [9.17, 15) is 67.8 Å². The van der Waals surface area contributed by atoms with Crippen LogP contribution in [0.15, 0.2) is 91.0 Å². The summed E-state index contributed by atoms with van der Waals surface area (Å²) in [5.41, 5.74) is 16.4. The molecule has 4 aliphatic heterocycles. The maximum Gasteiger partial charge on any atom is 1.00 e. The topological polar surface area (TPSA) is 498 Å². The van der Waals surface area contributed by atoms with Gasteiger partial charge in [-0.25, -0.2) is 4.84 Å². The molecule has 0 spiro atoms. The molecule has 4 aliphatic rings. The average molecular weight is 1510 g/mol. The fraction of sp³-hybridized carbons (Fsp3) is 0.625. The van der Waals surface area contributed by atoms with Crippen molar-refractivity contribution in [2.45, 2.75) is 186 Å².